The van der Waals surface area contributed by atoms with Crippen LogP contribution in [0.1, 0.15) is 6.92 Å². The van der Waals surface area contributed by atoms with Gasteiger partial charge < -0.3 is 0 Å². The molecule has 11 heteroatoms. The van der Waals surface area contributed by atoms with Gasteiger partial charge in [0.15, 0.2) is 0 Å². The van der Waals surface area contributed by atoms with E-state index in [-0.39, 0.29) is 0 Å². The zero-order valence-electron chi connectivity index (χ0n) is 6.43. The summed E-state index contributed by atoms with van der Waals surface area (Å²) in [4.78, 5) is 0. The van der Waals surface area contributed by atoms with Gasteiger partial charge in [-0.25, -0.2) is 0 Å². The first-order chi connectivity index (χ1) is 6.22. The van der Waals surface area contributed by atoms with Crippen molar-refractivity contribution < 1.29 is 0 Å². The molecule has 0 amide bonds. The fourth-order valence-corrected chi connectivity index (χ4v) is 10.2. The van der Waals surface area contributed by atoms with Crippen LogP contribution in [0.5, 0.6) is 0 Å². The van der Waals surface area contributed by atoms with E-state index in [0.717, 1.165) is 0 Å². The number of rotatable bonds is 4. The van der Waals surface area contributed by atoms with Crippen LogP contribution in [-0.4, -0.2) is 11.0 Å². The summed E-state index contributed by atoms with van der Waals surface area (Å²) in [5.41, 5.74) is 0. The molecule has 2 aliphatic rings. The molecule has 0 aliphatic carbocycles. The molecule has 13 heavy (non-hydrogen) atoms. The maximum atomic E-state index is 4.65. The van der Waals surface area contributed by atoms with Gasteiger partial charge in [-0.1, -0.05) is 0 Å². The second kappa shape index (κ2) is 3.13. The molecule has 0 N–H and O–H groups in total. The Labute approximate surface area is 83.6 Å². The van der Waals surface area contributed by atoms with Gasteiger partial charge in [0.05, 0.1) is 0 Å². The fourth-order valence-electron chi connectivity index (χ4n) is 0.631. The van der Waals surface area contributed by atoms with E-state index >= 15 is 0 Å². The van der Waals surface area contributed by atoms with E-state index in [4.69, 9.17) is 0 Å². The standard InChI is InChI=1S/C2H3BN7S3/c1-2-11-13(2,12-2)10-9-8-7-6-5-4-3/h1H3. The van der Waals surface area contributed by atoms with Crippen LogP contribution in [0.15, 0.2) is 35.6 Å². The number of fused-ring (bicyclic) bond motifs is 1. The molecule has 0 aromatic heterocycles. The van der Waals surface area contributed by atoms with Gasteiger partial charge in [-0.05, 0) is 0 Å². The molecule has 2 saturated heterocycles. The summed E-state index contributed by atoms with van der Waals surface area (Å²) in [6, 6.07) is 0. The van der Waals surface area contributed by atoms with Crippen molar-refractivity contribution in [2.45, 2.75) is 10.3 Å². The summed E-state index contributed by atoms with van der Waals surface area (Å²) in [6.07, 6.45) is 0. The van der Waals surface area contributed by atoms with Crippen LogP contribution in [-0.2, 0) is 0 Å². The third-order valence-electron chi connectivity index (χ3n) is 1.30. The van der Waals surface area contributed by atoms with Crippen molar-refractivity contribution in [3.05, 3.63) is 0 Å². The summed E-state index contributed by atoms with van der Waals surface area (Å²) in [7, 11) is 7.43. The van der Waals surface area contributed by atoms with Crippen LogP contribution < -0.4 is 0 Å². The molecule has 7 nitrogen and oxygen atoms in total. The van der Waals surface area contributed by atoms with Gasteiger partial charge in [-0.2, -0.15) is 0 Å². The Morgan fingerprint density at radius 3 is 2.15 bits per heavy atom. The Morgan fingerprint density at radius 2 is 1.62 bits per heavy atom. The van der Waals surface area contributed by atoms with Crippen molar-refractivity contribution in [3.8, 4) is 0 Å². The minimum absolute atomic E-state index is 0.320. The van der Waals surface area contributed by atoms with Crippen LogP contribution in [0.2, 0.25) is 0 Å². The molecule has 0 saturated carbocycles. The molecule has 1 radical (unpaired) electrons. The number of hydrogen-bond acceptors (Lipinski definition) is 4. The van der Waals surface area contributed by atoms with E-state index < -0.39 is 8.28 Å². The number of hydrogen-bond donors (Lipinski definition) is 0. The fraction of sp³-hybridized carbons (Fsp3) is 1.00. The van der Waals surface area contributed by atoms with E-state index in [2.05, 4.69) is 50.2 Å². The normalized spacial score (nSPS) is 46.5. The van der Waals surface area contributed by atoms with Crippen molar-refractivity contribution in [1.82, 2.24) is 0 Å². The molecule has 0 spiro atoms. The predicted octanol–water partition coefficient (Wildman–Crippen LogP) is 3.16. The minimum atomic E-state index is -0.882. The van der Waals surface area contributed by atoms with Gasteiger partial charge in [0, 0.05) is 0 Å². The van der Waals surface area contributed by atoms with Gasteiger partial charge in [0.1, 0.15) is 0 Å². The van der Waals surface area contributed by atoms with E-state index in [0.29, 0.717) is 3.41 Å². The summed E-state index contributed by atoms with van der Waals surface area (Å²) >= 11 is 0. The molecule has 2 rings (SSSR count). The van der Waals surface area contributed by atoms with Crippen LogP contribution in [0.3, 0.4) is 0 Å². The van der Waals surface area contributed by atoms with Crippen molar-refractivity contribution >= 4 is 37.5 Å². The van der Waals surface area contributed by atoms with Crippen molar-refractivity contribution in [3.63, 3.8) is 0 Å². The second-order valence-electron chi connectivity index (χ2n) is 2.15. The quantitative estimate of drug-likeness (QED) is 0.245. The van der Waals surface area contributed by atoms with Crippen molar-refractivity contribution in [1.29, 1.82) is 0 Å². The summed E-state index contributed by atoms with van der Waals surface area (Å²) in [6.45, 7) is 2.14. The first-order valence-electron chi connectivity index (χ1n) is 3.09. The first kappa shape index (κ1) is 9.28. The van der Waals surface area contributed by atoms with Gasteiger partial charge in [0.25, 0.3) is 0 Å². The summed E-state index contributed by atoms with van der Waals surface area (Å²) < 4.78 is 4.34. The Morgan fingerprint density at radius 1 is 1.08 bits per heavy atom. The molecule has 67 valence electrons. The Bertz CT molecular complexity index is 318. The molecular weight excluding hydrogens is 229 g/mol. The zero-order valence-corrected chi connectivity index (χ0v) is 8.88. The SMILES string of the molecule is [B]=NN=NN=NN=NS12SC1(C)S2. The topological polar surface area (TPSA) is 86.5 Å². The third kappa shape index (κ3) is 1.67. The molecule has 0 unspecified atom stereocenters. The molecule has 0 aromatic rings. The van der Waals surface area contributed by atoms with E-state index in [1.807, 2.05) is 21.6 Å². The molecule has 2 aliphatic heterocycles. The average molecular weight is 232 g/mol. The monoisotopic (exact) mass is 232 g/mol. The van der Waals surface area contributed by atoms with Crippen LogP contribution in [0.25, 0.3) is 0 Å². The van der Waals surface area contributed by atoms with Gasteiger partial charge >= 0.3 is 83.5 Å². The summed E-state index contributed by atoms with van der Waals surface area (Å²) in [5.74, 6) is 0. The molecule has 0 atom stereocenters. The molecule has 2 heterocycles. The zero-order chi connectivity index (χ0) is 9.36. The predicted molar refractivity (Wildman–Crippen MR) is 53.9 cm³/mol. The van der Waals surface area contributed by atoms with Crippen molar-refractivity contribution in [2.24, 2.45) is 35.6 Å². The van der Waals surface area contributed by atoms with Gasteiger partial charge in [0.2, 0.25) is 0 Å². The average Bonchev–Trinajstić information content (AvgIpc) is 2.82. The van der Waals surface area contributed by atoms with E-state index in [1.54, 1.807) is 0 Å². The second-order valence-corrected chi connectivity index (χ2v) is 11.3. The Balaban J connectivity index is 1.77. The molecule has 2 fully saturated rings. The van der Waals surface area contributed by atoms with Crippen LogP contribution in [0.4, 0.5) is 0 Å². The van der Waals surface area contributed by atoms with Crippen molar-refractivity contribution in [2.75, 3.05) is 0 Å². The Hall–Kier alpha value is -0.285. The third-order valence-corrected chi connectivity index (χ3v) is 12.7. The number of nitrogens with zero attached hydrogens (tertiary/aromatic N) is 7. The van der Waals surface area contributed by atoms with Crippen LogP contribution in [0, 0.1) is 0 Å². The van der Waals surface area contributed by atoms with Gasteiger partial charge in [-0.3, -0.25) is 0 Å². The molecule has 0 aromatic carbocycles. The Kier molecular flexibility index (Phi) is 2.24. The van der Waals surface area contributed by atoms with Gasteiger partial charge in [-0.15, -0.1) is 0 Å². The first-order valence-corrected chi connectivity index (χ1v) is 7.34. The molecular formula is C2H3BN7S3. The van der Waals surface area contributed by atoms with Crippen LogP contribution >= 0.6 is 29.9 Å². The van der Waals surface area contributed by atoms with E-state index in [1.165, 1.54) is 0 Å². The van der Waals surface area contributed by atoms with E-state index in [9.17, 15) is 0 Å². The maximum absolute atomic E-state index is 4.65. The molecule has 0 bridgehead atoms. The summed E-state index contributed by atoms with van der Waals surface area (Å²) in [5, 5.41) is 18.9.